The van der Waals surface area contributed by atoms with E-state index in [1.165, 1.54) is 48.7 Å². The van der Waals surface area contributed by atoms with Gasteiger partial charge in [-0.3, -0.25) is 14.4 Å². The van der Waals surface area contributed by atoms with Crippen molar-refractivity contribution in [3.63, 3.8) is 0 Å². The molecule has 1 rings (SSSR count). The first-order chi connectivity index (χ1) is 8.34. The van der Waals surface area contributed by atoms with E-state index < -0.39 is 11.9 Å². The third-order valence-corrected chi connectivity index (χ3v) is 2.72. The first-order valence-corrected chi connectivity index (χ1v) is 5.49. The van der Waals surface area contributed by atoms with Crippen LogP contribution in [-0.4, -0.2) is 40.0 Å². The zero-order valence-electron chi connectivity index (χ0n) is 10.6. The Balaban J connectivity index is 2.90. The molecule has 1 atom stereocenters. The van der Waals surface area contributed by atoms with Gasteiger partial charge in [-0.25, -0.2) is 0 Å². The van der Waals surface area contributed by atoms with Gasteiger partial charge in [0.2, 0.25) is 0 Å². The molecule has 0 saturated heterocycles. The second-order valence-corrected chi connectivity index (χ2v) is 4.23. The van der Waals surface area contributed by atoms with Crippen LogP contribution < -0.4 is 5.56 Å². The SMILES string of the molecule is CC(CN(C)C(=O)c1cccc(=O)n1C)C(=O)O. The van der Waals surface area contributed by atoms with Crippen LogP contribution in [-0.2, 0) is 11.8 Å². The molecule has 0 aliphatic rings. The minimum atomic E-state index is -0.961. The Bertz CT molecular complexity index is 521. The number of carbonyl (C=O) groups excluding carboxylic acids is 1. The average molecular weight is 252 g/mol. The zero-order valence-corrected chi connectivity index (χ0v) is 10.6. The fourth-order valence-electron chi connectivity index (χ4n) is 1.55. The molecule has 0 aliphatic carbocycles. The van der Waals surface area contributed by atoms with Crippen LogP contribution in [0.4, 0.5) is 0 Å². The van der Waals surface area contributed by atoms with Gasteiger partial charge >= 0.3 is 5.97 Å². The van der Waals surface area contributed by atoms with Gasteiger partial charge in [0, 0.05) is 26.7 Å². The Kier molecular flexibility index (Phi) is 4.25. The number of carbonyl (C=O) groups is 2. The van der Waals surface area contributed by atoms with Crippen LogP contribution in [0.2, 0.25) is 0 Å². The summed E-state index contributed by atoms with van der Waals surface area (Å²) >= 11 is 0. The van der Waals surface area contributed by atoms with Crippen molar-refractivity contribution in [3.8, 4) is 0 Å². The molecule has 6 nitrogen and oxygen atoms in total. The topological polar surface area (TPSA) is 79.6 Å². The lowest BCUT2D eigenvalue weighted by Crippen LogP contribution is -2.36. The van der Waals surface area contributed by atoms with E-state index in [4.69, 9.17) is 5.11 Å². The van der Waals surface area contributed by atoms with Crippen LogP contribution in [0, 0.1) is 5.92 Å². The molecule has 6 heteroatoms. The van der Waals surface area contributed by atoms with Crippen molar-refractivity contribution in [1.82, 2.24) is 9.47 Å². The summed E-state index contributed by atoms with van der Waals surface area (Å²) in [5.41, 5.74) is -0.0388. The summed E-state index contributed by atoms with van der Waals surface area (Å²) in [5, 5.41) is 8.79. The predicted octanol–water partition coefficient (Wildman–Crippen LogP) is 0.178. The van der Waals surface area contributed by atoms with Crippen molar-refractivity contribution in [1.29, 1.82) is 0 Å². The Labute approximate surface area is 104 Å². The summed E-state index contributed by atoms with van der Waals surface area (Å²) in [6, 6.07) is 4.40. The van der Waals surface area contributed by atoms with E-state index >= 15 is 0 Å². The van der Waals surface area contributed by atoms with Crippen LogP contribution in [0.5, 0.6) is 0 Å². The van der Waals surface area contributed by atoms with Gasteiger partial charge in [0.1, 0.15) is 5.69 Å². The number of pyridine rings is 1. The molecule has 18 heavy (non-hydrogen) atoms. The molecule has 0 aliphatic heterocycles. The van der Waals surface area contributed by atoms with Crippen molar-refractivity contribution < 1.29 is 14.7 Å². The van der Waals surface area contributed by atoms with Crippen molar-refractivity contribution in [2.45, 2.75) is 6.92 Å². The summed E-state index contributed by atoms with van der Waals surface area (Å²) in [7, 11) is 3.02. The van der Waals surface area contributed by atoms with Gasteiger partial charge in [-0.15, -0.1) is 0 Å². The first kappa shape index (κ1) is 14.0. The smallest absolute Gasteiger partial charge is 0.308 e. The lowest BCUT2D eigenvalue weighted by molar-refractivity contribution is -0.141. The van der Waals surface area contributed by atoms with Crippen molar-refractivity contribution in [2.24, 2.45) is 13.0 Å². The van der Waals surface area contributed by atoms with E-state index in [-0.39, 0.29) is 23.7 Å². The van der Waals surface area contributed by atoms with E-state index in [9.17, 15) is 14.4 Å². The Morgan fingerprint density at radius 1 is 1.44 bits per heavy atom. The molecular weight excluding hydrogens is 236 g/mol. The quantitative estimate of drug-likeness (QED) is 0.829. The fraction of sp³-hybridized carbons (Fsp3) is 0.417. The molecule has 1 N–H and O–H groups in total. The predicted molar refractivity (Wildman–Crippen MR) is 65.4 cm³/mol. The number of hydrogen-bond donors (Lipinski definition) is 1. The normalized spacial score (nSPS) is 11.9. The van der Waals surface area contributed by atoms with Crippen molar-refractivity contribution >= 4 is 11.9 Å². The van der Waals surface area contributed by atoms with Gasteiger partial charge in [-0.05, 0) is 6.07 Å². The second-order valence-electron chi connectivity index (χ2n) is 4.23. The van der Waals surface area contributed by atoms with Crippen LogP contribution in [0.25, 0.3) is 0 Å². The largest absolute Gasteiger partial charge is 0.481 e. The number of nitrogens with zero attached hydrogens (tertiary/aromatic N) is 2. The highest BCUT2D eigenvalue weighted by Crippen LogP contribution is 2.04. The average Bonchev–Trinajstić information content (AvgIpc) is 2.31. The summed E-state index contributed by atoms with van der Waals surface area (Å²) in [6.07, 6.45) is 0. The molecule has 0 fully saturated rings. The minimum Gasteiger partial charge on any atom is -0.481 e. The van der Waals surface area contributed by atoms with E-state index in [2.05, 4.69) is 0 Å². The number of amides is 1. The lowest BCUT2D eigenvalue weighted by Gasteiger charge is -2.20. The molecule has 1 unspecified atom stereocenters. The summed E-state index contributed by atoms with van der Waals surface area (Å²) in [5.74, 6) is -1.99. The lowest BCUT2D eigenvalue weighted by atomic mass is 10.1. The molecule has 1 amide bonds. The molecule has 1 heterocycles. The molecular formula is C12H16N2O4. The molecule has 1 aromatic rings. The number of rotatable bonds is 4. The first-order valence-electron chi connectivity index (χ1n) is 5.49. The molecule has 0 spiro atoms. The monoisotopic (exact) mass is 252 g/mol. The fourth-order valence-corrected chi connectivity index (χ4v) is 1.55. The maximum Gasteiger partial charge on any atom is 0.308 e. The Morgan fingerprint density at radius 3 is 2.61 bits per heavy atom. The van der Waals surface area contributed by atoms with Crippen LogP contribution >= 0.6 is 0 Å². The number of carboxylic acid groups (broad SMARTS) is 1. The van der Waals surface area contributed by atoms with Gasteiger partial charge in [0.25, 0.3) is 11.5 Å². The Hall–Kier alpha value is -2.11. The maximum atomic E-state index is 12.0. The van der Waals surface area contributed by atoms with E-state index in [1.807, 2.05) is 0 Å². The van der Waals surface area contributed by atoms with Crippen molar-refractivity contribution in [2.75, 3.05) is 13.6 Å². The minimum absolute atomic E-state index is 0.0945. The molecule has 0 aromatic carbocycles. The van der Waals surface area contributed by atoms with Gasteiger partial charge in [-0.1, -0.05) is 13.0 Å². The highest BCUT2D eigenvalue weighted by atomic mass is 16.4. The van der Waals surface area contributed by atoms with E-state index in [1.54, 1.807) is 0 Å². The van der Waals surface area contributed by atoms with Crippen molar-refractivity contribution in [3.05, 3.63) is 34.2 Å². The number of carboxylic acids is 1. The van der Waals surface area contributed by atoms with Crippen LogP contribution in [0.1, 0.15) is 17.4 Å². The number of hydrogen-bond acceptors (Lipinski definition) is 3. The highest BCUT2D eigenvalue weighted by molar-refractivity contribution is 5.92. The van der Waals surface area contributed by atoms with Gasteiger partial charge in [0.15, 0.2) is 0 Å². The van der Waals surface area contributed by atoms with E-state index in [0.717, 1.165) is 0 Å². The zero-order chi connectivity index (χ0) is 13.9. The highest BCUT2D eigenvalue weighted by Gasteiger charge is 2.19. The summed E-state index contributed by atoms with van der Waals surface area (Å²) < 4.78 is 1.24. The summed E-state index contributed by atoms with van der Waals surface area (Å²) in [6.45, 7) is 1.62. The summed E-state index contributed by atoms with van der Waals surface area (Å²) in [4.78, 5) is 35.5. The molecule has 0 radical (unpaired) electrons. The molecule has 98 valence electrons. The third-order valence-electron chi connectivity index (χ3n) is 2.72. The second kappa shape index (κ2) is 5.48. The van der Waals surface area contributed by atoms with Gasteiger partial charge in [-0.2, -0.15) is 0 Å². The molecule has 0 saturated carbocycles. The number of aromatic nitrogens is 1. The molecule has 0 bridgehead atoms. The number of aliphatic carboxylic acids is 1. The van der Waals surface area contributed by atoms with E-state index in [0.29, 0.717) is 0 Å². The van der Waals surface area contributed by atoms with Crippen LogP contribution in [0.15, 0.2) is 23.0 Å². The Morgan fingerprint density at radius 2 is 2.06 bits per heavy atom. The van der Waals surface area contributed by atoms with Gasteiger partial charge in [0.05, 0.1) is 5.92 Å². The molecule has 1 aromatic heterocycles. The maximum absolute atomic E-state index is 12.0. The third kappa shape index (κ3) is 2.97. The van der Waals surface area contributed by atoms with Crippen LogP contribution in [0.3, 0.4) is 0 Å². The standard InChI is InChI=1S/C12H16N2O4/c1-8(12(17)18)7-13(2)11(16)9-5-4-6-10(15)14(9)3/h4-6,8H,7H2,1-3H3,(H,17,18). The van der Waals surface area contributed by atoms with Gasteiger partial charge < -0.3 is 14.6 Å².